The Balaban J connectivity index is 2.32. The molecule has 1 nitrogen and oxygen atoms in total. The van der Waals surface area contributed by atoms with Gasteiger partial charge in [0.25, 0.3) is 0 Å². The number of benzene rings is 2. The van der Waals surface area contributed by atoms with Crippen LogP contribution in [0.5, 0.6) is 0 Å². The second-order valence-corrected chi connectivity index (χ2v) is 5.29. The molecule has 0 saturated carbocycles. The molecule has 0 aliphatic heterocycles. The van der Waals surface area contributed by atoms with Crippen molar-refractivity contribution in [3.63, 3.8) is 0 Å². The molecule has 1 heteroatoms. The normalized spacial score (nSPS) is 11.8. The van der Waals surface area contributed by atoms with Gasteiger partial charge in [0.15, 0.2) is 0 Å². The van der Waals surface area contributed by atoms with Crippen molar-refractivity contribution in [3.05, 3.63) is 83.4 Å². The molecule has 0 unspecified atom stereocenters. The lowest BCUT2D eigenvalue weighted by atomic mass is 10.0. The summed E-state index contributed by atoms with van der Waals surface area (Å²) in [5.41, 5.74) is 5.79. The Bertz CT molecular complexity index is 693. The summed E-state index contributed by atoms with van der Waals surface area (Å²) in [5, 5.41) is 0. The number of hydrogen-bond acceptors (Lipinski definition) is 1. The molecule has 22 heavy (non-hydrogen) atoms. The Morgan fingerprint density at radius 3 is 2.59 bits per heavy atom. The van der Waals surface area contributed by atoms with E-state index in [4.69, 9.17) is 4.99 Å². The molecule has 0 bridgehead atoms. The van der Waals surface area contributed by atoms with Crippen LogP contribution in [0.3, 0.4) is 0 Å². The third kappa shape index (κ3) is 4.29. The van der Waals surface area contributed by atoms with Gasteiger partial charge in [0, 0.05) is 12.1 Å². The highest BCUT2D eigenvalue weighted by Crippen LogP contribution is 2.13. The highest BCUT2D eigenvalue weighted by Gasteiger charge is 2.02. The van der Waals surface area contributed by atoms with Crippen LogP contribution in [-0.2, 0) is 0 Å². The first-order chi connectivity index (χ1) is 10.7. The Labute approximate surface area is 133 Å². The molecular weight excluding hydrogens is 266 g/mol. The molecule has 0 aliphatic rings. The Kier molecular flexibility index (Phi) is 5.91. The third-order valence-corrected chi connectivity index (χ3v) is 3.51. The molecule has 0 radical (unpaired) electrons. The van der Waals surface area contributed by atoms with Crippen LogP contribution in [0.1, 0.15) is 35.6 Å². The summed E-state index contributed by atoms with van der Waals surface area (Å²) in [6.07, 6.45) is 7.15. The highest BCUT2D eigenvalue weighted by molar-refractivity contribution is 6.11. The summed E-state index contributed by atoms with van der Waals surface area (Å²) < 4.78 is 0. The summed E-state index contributed by atoms with van der Waals surface area (Å²) >= 11 is 0. The number of hydrogen-bond donors (Lipinski definition) is 0. The number of allylic oxidation sites excluding steroid dienone is 1. The highest BCUT2D eigenvalue weighted by atomic mass is 14.7. The van der Waals surface area contributed by atoms with Crippen LogP contribution in [0.15, 0.2) is 66.2 Å². The third-order valence-electron chi connectivity index (χ3n) is 3.51. The molecule has 0 heterocycles. The minimum absolute atomic E-state index is 0.848. The van der Waals surface area contributed by atoms with Gasteiger partial charge in [-0.3, -0.25) is 4.99 Å². The van der Waals surface area contributed by atoms with Crippen molar-refractivity contribution in [2.75, 3.05) is 6.54 Å². The molecule has 0 atom stereocenters. The molecule has 0 amide bonds. The van der Waals surface area contributed by atoms with Crippen LogP contribution in [-0.4, -0.2) is 12.3 Å². The zero-order valence-electron chi connectivity index (χ0n) is 13.4. The van der Waals surface area contributed by atoms with Gasteiger partial charge in [0.2, 0.25) is 0 Å². The number of nitrogens with zero attached hydrogens (tertiary/aromatic N) is 1. The van der Waals surface area contributed by atoms with Gasteiger partial charge in [-0.25, -0.2) is 0 Å². The van der Waals surface area contributed by atoms with Crippen molar-refractivity contribution in [1.29, 1.82) is 0 Å². The zero-order valence-corrected chi connectivity index (χ0v) is 13.4. The maximum absolute atomic E-state index is 4.74. The predicted molar refractivity (Wildman–Crippen MR) is 98.4 cm³/mol. The fourth-order valence-corrected chi connectivity index (χ4v) is 2.29. The van der Waals surface area contributed by atoms with Gasteiger partial charge in [0.05, 0.1) is 5.71 Å². The number of aryl methyl sites for hydroxylation is 1. The maximum atomic E-state index is 4.74. The van der Waals surface area contributed by atoms with Gasteiger partial charge in [-0.05, 0) is 42.2 Å². The van der Waals surface area contributed by atoms with Gasteiger partial charge in [-0.2, -0.15) is 0 Å². The molecular formula is C21H23N. The average Bonchev–Trinajstić information content (AvgIpc) is 2.56. The predicted octanol–water partition coefficient (Wildman–Crippen LogP) is 5.55. The van der Waals surface area contributed by atoms with Gasteiger partial charge >= 0.3 is 0 Å². The van der Waals surface area contributed by atoms with Crippen LogP contribution in [0.2, 0.25) is 0 Å². The van der Waals surface area contributed by atoms with Gasteiger partial charge in [-0.1, -0.05) is 68.1 Å². The second-order valence-electron chi connectivity index (χ2n) is 5.29. The molecule has 0 aromatic heterocycles. The van der Waals surface area contributed by atoms with Crippen molar-refractivity contribution < 1.29 is 0 Å². The first-order valence-electron chi connectivity index (χ1n) is 7.75. The Morgan fingerprint density at radius 2 is 1.86 bits per heavy atom. The van der Waals surface area contributed by atoms with Crippen LogP contribution >= 0.6 is 0 Å². The van der Waals surface area contributed by atoms with E-state index < -0.39 is 0 Å². The SMILES string of the molecule is C=Cc1cccc(/C=C/C(=NCCC)c2ccccc2C)c1. The van der Waals surface area contributed by atoms with Crippen LogP contribution in [0.25, 0.3) is 12.2 Å². The molecule has 0 spiro atoms. The monoisotopic (exact) mass is 289 g/mol. The summed E-state index contributed by atoms with van der Waals surface area (Å²) in [5.74, 6) is 0. The summed E-state index contributed by atoms with van der Waals surface area (Å²) in [6, 6.07) is 16.7. The van der Waals surface area contributed by atoms with E-state index in [-0.39, 0.29) is 0 Å². The van der Waals surface area contributed by atoms with Crippen molar-refractivity contribution in [2.45, 2.75) is 20.3 Å². The summed E-state index contributed by atoms with van der Waals surface area (Å²) in [6.45, 7) is 8.94. The summed E-state index contributed by atoms with van der Waals surface area (Å²) in [4.78, 5) is 4.74. The largest absolute Gasteiger partial charge is 0.285 e. The molecule has 2 rings (SSSR count). The molecule has 2 aromatic carbocycles. The van der Waals surface area contributed by atoms with E-state index in [0.29, 0.717) is 0 Å². The number of aliphatic imine (C=N–C) groups is 1. The maximum Gasteiger partial charge on any atom is 0.0649 e. The van der Waals surface area contributed by atoms with Crippen molar-refractivity contribution in [2.24, 2.45) is 4.99 Å². The smallest absolute Gasteiger partial charge is 0.0649 e. The standard InChI is InChI=1S/C21H23N/c1-4-15-22-21(20-12-7-6-9-17(20)3)14-13-19-11-8-10-18(5-2)16-19/h5-14,16H,2,4,15H2,1,3H3/b14-13+,22-21?. The quantitative estimate of drug-likeness (QED) is 0.618. The lowest BCUT2D eigenvalue weighted by Crippen LogP contribution is -2.01. The van der Waals surface area contributed by atoms with Crippen molar-refractivity contribution >= 4 is 17.9 Å². The minimum Gasteiger partial charge on any atom is -0.285 e. The Hall–Kier alpha value is -2.41. The van der Waals surface area contributed by atoms with E-state index in [0.717, 1.165) is 29.8 Å². The summed E-state index contributed by atoms with van der Waals surface area (Å²) in [7, 11) is 0. The topological polar surface area (TPSA) is 12.4 Å². The average molecular weight is 289 g/mol. The van der Waals surface area contributed by atoms with Crippen LogP contribution in [0, 0.1) is 6.92 Å². The lowest BCUT2D eigenvalue weighted by Gasteiger charge is -2.06. The van der Waals surface area contributed by atoms with Crippen molar-refractivity contribution in [1.82, 2.24) is 0 Å². The first kappa shape index (κ1) is 16.0. The molecule has 112 valence electrons. The fourth-order valence-electron chi connectivity index (χ4n) is 2.29. The van der Waals surface area contributed by atoms with Crippen molar-refractivity contribution in [3.8, 4) is 0 Å². The van der Waals surface area contributed by atoms with Gasteiger partial charge in [0.1, 0.15) is 0 Å². The lowest BCUT2D eigenvalue weighted by molar-refractivity contribution is 0.933. The molecule has 0 N–H and O–H groups in total. The van der Waals surface area contributed by atoms with Crippen LogP contribution in [0.4, 0.5) is 0 Å². The van der Waals surface area contributed by atoms with E-state index in [1.165, 1.54) is 11.1 Å². The zero-order chi connectivity index (χ0) is 15.8. The van der Waals surface area contributed by atoms with E-state index in [1.54, 1.807) is 0 Å². The van der Waals surface area contributed by atoms with Gasteiger partial charge < -0.3 is 0 Å². The molecule has 2 aromatic rings. The molecule has 0 aliphatic carbocycles. The van der Waals surface area contributed by atoms with E-state index in [1.807, 2.05) is 12.1 Å². The molecule has 0 saturated heterocycles. The fraction of sp³-hybridized carbons (Fsp3) is 0.190. The van der Waals surface area contributed by atoms with E-state index in [9.17, 15) is 0 Å². The first-order valence-corrected chi connectivity index (χ1v) is 7.75. The minimum atomic E-state index is 0.848. The van der Waals surface area contributed by atoms with E-state index in [2.05, 4.69) is 75.0 Å². The molecule has 0 fully saturated rings. The Morgan fingerprint density at radius 1 is 1.09 bits per heavy atom. The number of rotatable bonds is 6. The second kappa shape index (κ2) is 8.14. The van der Waals surface area contributed by atoms with Crippen LogP contribution < -0.4 is 0 Å². The van der Waals surface area contributed by atoms with E-state index >= 15 is 0 Å². The van der Waals surface area contributed by atoms with Gasteiger partial charge in [-0.15, -0.1) is 0 Å².